The van der Waals surface area contributed by atoms with E-state index in [4.69, 9.17) is 18.9 Å². The average molecular weight is 250 g/mol. The van der Waals surface area contributed by atoms with E-state index in [9.17, 15) is 5.11 Å². The first kappa shape index (κ1) is 16.8. The minimum Gasteiger partial charge on any atom is -0.388 e. The first-order chi connectivity index (χ1) is 8.06. The number of ether oxygens (including phenoxy) is 4. The van der Waals surface area contributed by atoms with Gasteiger partial charge in [-0.3, -0.25) is 0 Å². The Labute approximate surface area is 104 Å². The molecular weight excluding hydrogens is 224 g/mol. The predicted molar refractivity (Wildman–Crippen MR) is 65.2 cm³/mol. The van der Waals surface area contributed by atoms with Crippen molar-refractivity contribution in [3.8, 4) is 0 Å². The Morgan fingerprint density at radius 2 is 1.18 bits per heavy atom. The maximum Gasteiger partial charge on any atom is 0.0824 e. The molecule has 0 bridgehead atoms. The van der Waals surface area contributed by atoms with Crippen molar-refractivity contribution in [3.63, 3.8) is 0 Å². The highest BCUT2D eigenvalue weighted by Gasteiger charge is 2.11. The standard InChI is InChI=1S/C12H26O5/c1-4-14-5-6-15-7-8-16-9-10-17-11-12(2,3)13/h13H,4-11H2,1-3H3. The van der Waals surface area contributed by atoms with Crippen molar-refractivity contribution >= 4 is 0 Å². The van der Waals surface area contributed by atoms with E-state index < -0.39 is 5.60 Å². The minimum absolute atomic E-state index is 0.321. The smallest absolute Gasteiger partial charge is 0.0824 e. The second-order valence-corrected chi connectivity index (χ2v) is 4.29. The first-order valence-electron chi connectivity index (χ1n) is 6.09. The van der Waals surface area contributed by atoms with Crippen LogP contribution in [0, 0.1) is 0 Å². The van der Waals surface area contributed by atoms with Crippen LogP contribution in [-0.4, -0.2) is 63.6 Å². The monoisotopic (exact) mass is 250 g/mol. The van der Waals surface area contributed by atoms with Crippen LogP contribution in [0.4, 0.5) is 0 Å². The Morgan fingerprint density at radius 3 is 1.59 bits per heavy atom. The van der Waals surface area contributed by atoms with Crippen molar-refractivity contribution in [2.45, 2.75) is 26.4 Å². The molecule has 0 heterocycles. The zero-order valence-corrected chi connectivity index (χ0v) is 11.2. The van der Waals surface area contributed by atoms with Gasteiger partial charge < -0.3 is 24.1 Å². The average Bonchev–Trinajstić information content (AvgIpc) is 2.24. The fourth-order valence-electron chi connectivity index (χ4n) is 1.02. The van der Waals surface area contributed by atoms with Gasteiger partial charge in [0.1, 0.15) is 0 Å². The van der Waals surface area contributed by atoms with Gasteiger partial charge in [0, 0.05) is 6.61 Å². The Bertz CT molecular complexity index is 155. The molecule has 0 aromatic carbocycles. The second-order valence-electron chi connectivity index (χ2n) is 4.29. The van der Waals surface area contributed by atoms with Gasteiger partial charge >= 0.3 is 0 Å². The molecule has 0 aliphatic heterocycles. The topological polar surface area (TPSA) is 57.2 Å². The fraction of sp³-hybridized carbons (Fsp3) is 1.00. The van der Waals surface area contributed by atoms with E-state index in [1.807, 2.05) is 6.92 Å². The van der Waals surface area contributed by atoms with Crippen LogP contribution in [0.5, 0.6) is 0 Å². The summed E-state index contributed by atoms with van der Waals surface area (Å²) in [6.45, 7) is 9.78. The summed E-state index contributed by atoms with van der Waals surface area (Å²) in [5.74, 6) is 0. The quantitative estimate of drug-likeness (QED) is 0.520. The highest BCUT2D eigenvalue weighted by molar-refractivity contribution is 4.62. The lowest BCUT2D eigenvalue weighted by Gasteiger charge is -2.16. The van der Waals surface area contributed by atoms with E-state index in [0.717, 1.165) is 6.61 Å². The number of rotatable bonds is 12. The van der Waals surface area contributed by atoms with E-state index in [0.29, 0.717) is 46.2 Å². The van der Waals surface area contributed by atoms with Crippen molar-refractivity contribution in [3.05, 3.63) is 0 Å². The van der Waals surface area contributed by atoms with Gasteiger partial charge in [0.25, 0.3) is 0 Å². The van der Waals surface area contributed by atoms with E-state index in [-0.39, 0.29) is 0 Å². The van der Waals surface area contributed by atoms with Crippen LogP contribution >= 0.6 is 0 Å². The molecule has 0 spiro atoms. The molecule has 17 heavy (non-hydrogen) atoms. The van der Waals surface area contributed by atoms with Crippen molar-refractivity contribution in [2.75, 3.05) is 52.9 Å². The van der Waals surface area contributed by atoms with E-state index in [1.165, 1.54) is 0 Å². The van der Waals surface area contributed by atoms with Crippen LogP contribution in [0.15, 0.2) is 0 Å². The Balaban J connectivity index is 2.99. The molecule has 0 atom stereocenters. The van der Waals surface area contributed by atoms with E-state index >= 15 is 0 Å². The SMILES string of the molecule is CCOCCOCCOCCOCC(C)(C)O. The molecule has 0 aliphatic rings. The fourth-order valence-corrected chi connectivity index (χ4v) is 1.02. The highest BCUT2D eigenvalue weighted by Crippen LogP contribution is 2.00. The lowest BCUT2D eigenvalue weighted by molar-refractivity contribution is -0.0438. The number of aliphatic hydroxyl groups is 1. The number of hydrogen-bond donors (Lipinski definition) is 1. The molecule has 5 heteroatoms. The van der Waals surface area contributed by atoms with Crippen LogP contribution in [0.2, 0.25) is 0 Å². The lowest BCUT2D eigenvalue weighted by atomic mass is 10.2. The highest BCUT2D eigenvalue weighted by atomic mass is 16.6. The van der Waals surface area contributed by atoms with Crippen molar-refractivity contribution in [2.24, 2.45) is 0 Å². The summed E-state index contributed by atoms with van der Waals surface area (Å²) in [6.07, 6.45) is 0. The molecule has 0 radical (unpaired) electrons. The summed E-state index contributed by atoms with van der Waals surface area (Å²) in [7, 11) is 0. The molecule has 0 rings (SSSR count). The normalized spacial score (nSPS) is 12.0. The zero-order chi connectivity index (χ0) is 13.0. The molecule has 0 saturated heterocycles. The lowest BCUT2D eigenvalue weighted by Crippen LogP contribution is -2.27. The number of hydrogen-bond acceptors (Lipinski definition) is 5. The van der Waals surface area contributed by atoms with Gasteiger partial charge in [0.2, 0.25) is 0 Å². The Morgan fingerprint density at radius 1 is 0.765 bits per heavy atom. The van der Waals surface area contributed by atoms with Crippen LogP contribution in [-0.2, 0) is 18.9 Å². The molecule has 0 aromatic rings. The molecule has 0 amide bonds. The second kappa shape index (κ2) is 10.9. The zero-order valence-electron chi connectivity index (χ0n) is 11.2. The van der Waals surface area contributed by atoms with Crippen LogP contribution < -0.4 is 0 Å². The molecule has 0 fully saturated rings. The summed E-state index contributed by atoms with van der Waals surface area (Å²) in [6, 6.07) is 0. The molecule has 104 valence electrons. The van der Waals surface area contributed by atoms with Gasteiger partial charge in [0.15, 0.2) is 0 Å². The summed E-state index contributed by atoms with van der Waals surface area (Å²) in [5, 5.41) is 9.36. The maximum atomic E-state index is 9.36. The third-order valence-corrected chi connectivity index (χ3v) is 1.78. The third-order valence-electron chi connectivity index (χ3n) is 1.78. The molecule has 1 N–H and O–H groups in total. The molecule has 0 unspecified atom stereocenters. The summed E-state index contributed by atoms with van der Waals surface area (Å²) in [4.78, 5) is 0. The van der Waals surface area contributed by atoms with Crippen molar-refractivity contribution in [1.82, 2.24) is 0 Å². The third kappa shape index (κ3) is 15.8. The van der Waals surface area contributed by atoms with Crippen LogP contribution in [0.1, 0.15) is 20.8 Å². The maximum absolute atomic E-state index is 9.36. The Hall–Kier alpha value is -0.200. The summed E-state index contributed by atoms with van der Waals surface area (Å²) < 4.78 is 20.9. The summed E-state index contributed by atoms with van der Waals surface area (Å²) >= 11 is 0. The van der Waals surface area contributed by atoms with Gasteiger partial charge in [-0.2, -0.15) is 0 Å². The van der Waals surface area contributed by atoms with Crippen molar-refractivity contribution in [1.29, 1.82) is 0 Å². The molecule has 0 saturated carbocycles. The van der Waals surface area contributed by atoms with Gasteiger partial charge in [-0.25, -0.2) is 0 Å². The predicted octanol–water partition coefficient (Wildman–Crippen LogP) is 0.844. The van der Waals surface area contributed by atoms with Gasteiger partial charge in [-0.05, 0) is 20.8 Å². The molecule has 5 nitrogen and oxygen atoms in total. The summed E-state index contributed by atoms with van der Waals surface area (Å²) in [5.41, 5.74) is -0.775. The molecule has 0 aromatic heterocycles. The minimum atomic E-state index is -0.775. The van der Waals surface area contributed by atoms with E-state index in [1.54, 1.807) is 13.8 Å². The Kier molecular flexibility index (Phi) is 10.8. The molecule has 0 aliphatic carbocycles. The van der Waals surface area contributed by atoms with E-state index in [2.05, 4.69) is 0 Å². The van der Waals surface area contributed by atoms with Crippen molar-refractivity contribution < 1.29 is 24.1 Å². The largest absolute Gasteiger partial charge is 0.388 e. The van der Waals surface area contributed by atoms with Gasteiger partial charge in [-0.15, -0.1) is 0 Å². The first-order valence-corrected chi connectivity index (χ1v) is 6.09. The molecular formula is C12H26O5. The van der Waals surface area contributed by atoms with Gasteiger partial charge in [-0.1, -0.05) is 0 Å². The van der Waals surface area contributed by atoms with Crippen LogP contribution in [0.3, 0.4) is 0 Å². The van der Waals surface area contributed by atoms with Gasteiger partial charge in [0.05, 0.1) is 51.8 Å². The van der Waals surface area contributed by atoms with Crippen LogP contribution in [0.25, 0.3) is 0 Å².